The van der Waals surface area contributed by atoms with E-state index >= 15 is 0 Å². The smallest absolute Gasteiger partial charge is 0.228 e. The van der Waals surface area contributed by atoms with E-state index in [0.29, 0.717) is 13.0 Å². The van der Waals surface area contributed by atoms with E-state index in [4.69, 9.17) is 4.74 Å². The Bertz CT molecular complexity index is 510. The van der Waals surface area contributed by atoms with Crippen LogP contribution in [0.2, 0.25) is 0 Å². The first-order chi connectivity index (χ1) is 9.15. The molecule has 3 heterocycles. The Morgan fingerprint density at radius 1 is 1.32 bits per heavy atom. The van der Waals surface area contributed by atoms with Crippen LogP contribution in [0.15, 0.2) is 0 Å². The van der Waals surface area contributed by atoms with Gasteiger partial charge >= 0.3 is 0 Å². The van der Waals surface area contributed by atoms with Gasteiger partial charge in [-0.3, -0.25) is 9.69 Å². The Kier molecular flexibility index (Phi) is 3.22. The fourth-order valence-electron chi connectivity index (χ4n) is 2.90. The Morgan fingerprint density at radius 2 is 2.16 bits per heavy atom. The van der Waals surface area contributed by atoms with E-state index in [1.807, 2.05) is 13.8 Å². The number of carbonyl (C=O) groups is 1. The number of hydrogen-bond acceptors (Lipinski definition) is 4. The van der Waals surface area contributed by atoms with Crippen molar-refractivity contribution in [2.45, 2.75) is 45.6 Å². The van der Waals surface area contributed by atoms with Crippen LogP contribution in [-0.2, 0) is 16.0 Å². The van der Waals surface area contributed by atoms with Gasteiger partial charge in [0, 0.05) is 24.3 Å². The standard InChI is InChI=1S/C14H19N3O2/c1-9-12-5-6-13(18)17(8-11-4-3-7-19-11)14(12)16-10(2)15-9/h11H,3-8H2,1-2H3. The summed E-state index contributed by atoms with van der Waals surface area (Å²) in [5.41, 5.74) is 2.11. The van der Waals surface area contributed by atoms with Gasteiger partial charge in [-0.05, 0) is 33.1 Å². The Hall–Kier alpha value is -1.49. The summed E-state index contributed by atoms with van der Waals surface area (Å²) in [6.45, 7) is 5.30. The second-order valence-electron chi connectivity index (χ2n) is 5.30. The van der Waals surface area contributed by atoms with Gasteiger partial charge in [0.1, 0.15) is 11.6 Å². The molecule has 0 aromatic carbocycles. The lowest BCUT2D eigenvalue weighted by Crippen LogP contribution is -2.41. The number of ether oxygens (including phenoxy) is 1. The highest BCUT2D eigenvalue weighted by Gasteiger charge is 2.30. The largest absolute Gasteiger partial charge is 0.376 e. The molecule has 5 heteroatoms. The van der Waals surface area contributed by atoms with Crippen LogP contribution in [0.5, 0.6) is 0 Å². The molecule has 102 valence electrons. The maximum Gasteiger partial charge on any atom is 0.228 e. The zero-order valence-corrected chi connectivity index (χ0v) is 11.5. The van der Waals surface area contributed by atoms with Gasteiger partial charge < -0.3 is 4.74 Å². The lowest BCUT2D eigenvalue weighted by molar-refractivity contribution is -0.119. The van der Waals surface area contributed by atoms with E-state index in [2.05, 4.69) is 9.97 Å². The topological polar surface area (TPSA) is 55.3 Å². The van der Waals surface area contributed by atoms with Crippen LogP contribution < -0.4 is 4.90 Å². The number of nitrogens with zero attached hydrogens (tertiary/aromatic N) is 3. The van der Waals surface area contributed by atoms with Gasteiger partial charge in [-0.15, -0.1) is 0 Å². The van der Waals surface area contributed by atoms with Gasteiger partial charge in [0.15, 0.2) is 0 Å². The highest BCUT2D eigenvalue weighted by atomic mass is 16.5. The van der Waals surface area contributed by atoms with Crippen molar-refractivity contribution in [1.29, 1.82) is 0 Å². The first-order valence-corrected chi connectivity index (χ1v) is 6.91. The molecule has 0 spiro atoms. The van der Waals surface area contributed by atoms with E-state index in [1.54, 1.807) is 4.90 Å². The summed E-state index contributed by atoms with van der Waals surface area (Å²) < 4.78 is 5.64. The molecule has 1 atom stereocenters. The number of anilines is 1. The average Bonchev–Trinajstić information content (AvgIpc) is 2.85. The van der Waals surface area contributed by atoms with Crippen molar-refractivity contribution < 1.29 is 9.53 Å². The summed E-state index contributed by atoms with van der Waals surface area (Å²) in [6, 6.07) is 0. The summed E-state index contributed by atoms with van der Waals surface area (Å²) in [4.78, 5) is 22.9. The molecule has 1 amide bonds. The summed E-state index contributed by atoms with van der Waals surface area (Å²) in [5, 5.41) is 0. The number of fused-ring (bicyclic) bond motifs is 1. The van der Waals surface area contributed by atoms with Crippen molar-refractivity contribution >= 4 is 11.7 Å². The summed E-state index contributed by atoms with van der Waals surface area (Å²) >= 11 is 0. The van der Waals surface area contributed by atoms with E-state index < -0.39 is 0 Å². The van der Waals surface area contributed by atoms with E-state index in [0.717, 1.165) is 48.8 Å². The molecule has 3 rings (SSSR count). The zero-order chi connectivity index (χ0) is 13.4. The van der Waals surface area contributed by atoms with Gasteiger partial charge in [0.25, 0.3) is 0 Å². The molecule has 0 radical (unpaired) electrons. The van der Waals surface area contributed by atoms with Crippen molar-refractivity contribution in [2.75, 3.05) is 18.1 Å². The molecular formula is C14H19N3O2. The highest BCUT2D eigenvalue weighted by molar-refractivity contribution is 5.95. The molecule has 19 heavy (non-hydrogen) atoms. The lowest BCUT2D eigenvalue weighted by atomic mass is 10.0. The van der Waals surface area contributed by atoms with Crippen LogP contribution in [0.1, 0.15) is 36.3 Å². The maximum atomic E-state index is 12.2. The van der Waals surface area contributed by atoms with Gasteiger partial charge in [0.2, 0.25) is 5.91 Å². The van der Waals surface area contributed by atoms with E-state index in [9.17, 15) is 4.79 Å². The molecule has 2 aliphatic heterocycles. The quantitative estimate of drug-likeness (QED) is 0.810. The van der Waals surface area contributed by atoms with E-state index in [1.165, 1.54) is 0 Å². The third-order valence-corrected chi connectivity index (χ3v) is 3.86. The monoisotopic (exact) mass is 261 g/mol. The second-order valence-corrected chi connectivity index (χ2v) is 5.30. The molecule has 0 aliphatic carbocycles. The number of aromatic nitrogens is 2. The number of aryl methyl sites for hydroxylation is 2. The van der Waals surface area contributed by atoms with Crippen molar-refractivity contribution in [3.05, 3.63) is 17.1 Å². The minimum Gasteiger partial charge on any atom is -0.376 e. The SMILES string of the molecule is Cc1nc(C)c2c(n1)N(CC1CCCO1)C(=O)CC2. The highest BCUT2D eigenvalue weighted by Crippen LogP contribution is 2.29. The Morgan fingerprint density at radius 3 is 2.89 bits per heavy atom. The molecule has 0 bridgehead atoms. The van der Waals surface area contributed by atoms with Crippen LogP contribution in [0.25, 0.3) is 0 Å². The number of hydrogen-bond donors (Lipinski definition) is 0. The molecule has 0 saturated carbocycles. The average molecular weight is 261 g/mol. The first kappa shape index (κ1) is 12.5. The molecule has 1 aromatic rings. The number of amides is 1. The van der Waals surface area contributed by atoms with Crippen molar-refractivity contribution in [3.63, 3.8) is 0 Å². The van der Waals surface area contributed by atoms with Crippen LogP contribution in [-0.4, -0.2) is 35.1 Å². The molecule has 1 unspecified atom stereocenters. The molecule has 1 saturated heterocycles. The maximum absolute atomic E-state index is 12.2. The van der Waals surface area contributed by atoms with Crippen molar-refractivity contribution in [2.24, 2.45) is 0 Å². The van der Waals surface area contributed by atoms with Gasteiger partial charge in [-0.25, -0.2) is 9.97 Å². The lowest BCUT2D eigenvalue weighted by Gasteiger charge is -2.30. The first-order valence-electron chi connectivity index (χ1n) is 6.91. The Balaban J connectivity index is 1.93. The number of rotatable bonds is 2. The predicted octanol–water partition coefficient (Wildman–Crippen LogP) is 1.55. The minimum absolute atomic E-state index is 0.153. The molecule has 1 aromatic heterocycles. The fraction of sp³-hybridized carbons (Fsp3) is 0.643. The predicted molar refractivity (Wildman–Crippen MR) is 71.2 cm³/mol. The third-order valence-electron chi connectivity index (χ3n) is 3.86. The van der Waals surface area contributed by atoms with Gasteiger partial charge in [0.05, 0.1) is 12.6 Å². The van der Waals surface area contributed by atoms with Gasteiger partial charge in [-0.2, -0.15) is 0 Å². The van der Waals surface area contributed by atoms with Crippen LogP contribution in [0, 0.1) is 13.8 Å². The van der Waals surface area contributed by atoms with Crippen molar-refractivity contribution in [3.8, 4) is 0 Å². The van der Waals surface area contributed by atoms with Crippen LogP contribution in [0.3, 0.4) is 0 Å². The molecule has 5 nitrogen and oxygen atoms in total. The Labute approximate surface area is 113 Å². The summed E-state index contributed by atoms with van der Waals surface area (Å²) in [5.74, 6) is 1.68. The minimum atomic E-state index is 0.153. The van der Waals surface area contributed by atoms with E-state index in [-0.39, 0.29) is 12.0 Å². The third kappa shape index (κ3) is 2.34. The van der Waals surface area contributed by atoms with Crippen molar-refractivity contribution in [1.82, 2.24) is 9.97 Å². The van der Waals surface area contributed by atoms with Crippen LogP contribution >= 0.6 is 0 Å². The molecule has 2 aliphatic rings. The number of carbonyl (C=O) groups excluding carboxylic acids is 1. The summed E-state index contributed by atoms with van der Waals surface area (Å²) in [6.07, 6.45) is 3.57. The second kappa shape index (κ2) is 4.89. The van der Waals surface area contributed by atoms with Gasteiger partial charge in [-0.1, -0.05) is 0 Å². The normalized spacial score (nSPS) is 22.7. The zero-order valence-electron chi connectivity index (χ0n) is 11.5. The fourth-order valence-corrected chi connectivity index (χ4v) is 2.90. The summed E-state index contributed by atoms with van der Waals surface area (Å²) in [7, 11) is 0. The molecular weight excluding hydrogens is 242 g/mol. The molecule has 0 N–H and O–H groups in total. The molecule has 1 fully saturated rings. The van der Waals surface area contributed by atoms with Crippen LogP contribution in [0.4, 0.5) is 5.82 Å².